The fourth-order valence-corrected chi connectivity index (χ4v) is 5.10. The number of benzene rings is 3. The van der Waals surface area contributed by atoms with Crippen LogP contribution in [0, 0.1) is 18.8 Å². The van der Waals surface area contributed by atoms with Gasteiger partial charge in [0.1, 0.15) is 5.69 Å². The van der Waals surface area contributed by atoms with Crippen molar-refractivity contribution < 1.29 is 27.4 Å². The van der Waals surface area contributed by atoms with Crippen LogP contribution < -0.4 is 20.5 Å². The Hall–Kier alpha value is -4.86. The van der Waals surface area contributed by atoms with Gasteiger partial charge in [-0.1, -0.05) is 25.5 Å². The number of nitrogens with two attached hydrogens (primary N) is 1. The predicted molar refractivity (Wildman–Crippen MR) is 173 cm³/mol. The first kappa shape index (κ1) is 34.0. The maximum Gasteiger partial charge on any atom is 0.416 e. The molecule has 4 aromatic rings. The highest BCUT2D eigenvalue weighted by atomic mass is 19.4. The average Bonchev–Trinajstić information content (AvgIpc) is 3.01. The van der Waals surface area contributed by atoms with Crippen LogP contribution in [0.1, 0.15) is 45.7 Å². The number of ether oxygens (including phenoxy) is 2. The lowest BCUT2D eigenvalue weighted by Crippen LogP contribution is -2.44. The normalized spacial score (nSPS) is 13.8. The molecule has 9 nitrogen and oxygen atoms in total. The molecule has 1 fully saturated rings. The summed E-state index contributed by atoms with van der Waals surface area (Å²) in [5.74, 6) is 6.47. The third kappa shape index (κ3) is 7.67. The summed E-state index contributed by atoms with van der Waals surface area (Å²) in [4.78, 5) is 25.9. The number of hydrogen-bond donors (Lipinski definition) is 2. The van der Waals surface area contributed by atoms with E-state index in [1.165, 1.54) is 26.4 Å². The maximum absolute atomic E-state index is 14.0. The number of rotatable bonds is 6. The van der Waals surface area contributed by atoms with E-state index < -0.39 is 17.6 Å². The Bertz CT molecular complexity index is 1810. The summed E-state index contributed by atoms with van der Waals surface area (Å²) in [5, 5.41) is 3.21. The van der Waals surface area contributed by atoms with Crippen LogP contribution in [0.5, 0.6) is 11.5 Å². The Labute approximate surface area is 266 Å². The number of nitrogens with one attached hydrogen (secondary N) is 1. The number of carbonyl (C=O) groups excluding carboxylic acids is 1. The van der Waals surface area contributed by atoms with E-state index in [0.717, 1.165) is 24.7 Å². The molecule has 0 radical (unpaired) electrons. The zero-order valence-electron chi connectivity index (χ0n) is 25.4. The number of carbonyl (C=O) groups is 1. The number of hydrogen-bond acceptors (Lipinski definition) is 8. The van der Waals surface area contributed by atoms with Crippen LogP contribution in [0.2, 0.25) is 0 Å². The van der Waals surface area contributed by atoms with Crippen LogP contribution in [0.25, 0.3) is 10.9 Å². The largest absolute Gasteiger partial charge is 0.493 e. The van der Waals surface area contributed by atoms with E-state index in [4.69, 9.17) is 15.2 Å². The summed E-state index contributed by atoms with van der Waals surface area (Å²) in [6.45, 7) is 4.99. The first-order valence-corrected chi connectivity index (χ1v) is 14.2. The first-order chi connectivity index (χ1) is 21.4. The molecule has 5 rings (SSSR count). The van der Waals surface area contributed by atoms with E-state index in [0.29, 0.717) is 46.7 Å². The van der Waals surface area contributed by atoms with Gasteiger partial charge in [0.2, 0.25) is 5.95 Å². The summed E-state index contributed by atoms with van der Waals surface area (Å²) < 4.78 is 52.9. The molecule has 0 unspecified atom stereocenters. The van der Waals surface area contributed by atoms with Crippen LogP contribution in [0.4, 0.5) is 24.8 Å². The van der Waals surface area contributed by atoms with E-state index in [-0.39, 0.29) is 36.7 Å². The van der Waals surface area contributed by atoms with Gasteiger partial charge in [-0.2, -0.15) is 13.2 Å². The molecular weight excluding hydrogens is 597 g/mol. The molecule has 242 valence electrons. The van der Waals surface area contributed by atoms with Crippen molar-refractivity contribution >= 4 is 28.4 Å². The van der Waals surface area contributed by atoms with Crippen LogP contribution in [-0.2, 0) is 12.7 Å². The minimum atomic E-state index is -4.57. The summed E-state index contributed by atoms with van der Waals surface area (Å²) in [5.41, 5.74) is 7.82. The van der Waals surface area contributed by atoms with Gasteiger partial charge in [0.05, 0.1) is 25.3 Å². The molecule has 1 amide bonds. The van der Waals surface area contributed by atoms with Crippen LogP contribution in [-0.4, -0.2) is 73.1 Å². The maximum atomic E-state index is 14.0. The van der Waals surface area contributed by atoms with E-state index in [2.05, 4.69) is 32.0 Å². The second kappa shape index (κ2) is 14.1. The molecule has 2 heterocycles. The lowest BCUT2D eigenvalue weighted by atomic mass is 10.0. The van der Waals surface area contributed by atoms with Gasteiger partial charge in [-0.3, -0.25) is 9.69 Å². The lowest BCUT2D eigenvalue weighted by molar-refractivity contribution is -0.138. The van der Waals surface area contributed by atoms with Gasteiger partial charge in [0.25, 0.3) is 5.91 Å². The fourth-order valence-electron chi connectivity index (χ4n) is 5.10. The Balaban J connectivity index is 0.00000480. The number of aryl methyl sites for hydroxylation is 1. The Morgan fingerprint density at radius 3 is 2.35 bits per heavy atom. The minimum Gasteiger partial charge on any atom is -0.493 e. The van der Waals surface area contributed by atoms with Gasteiger partial charge in [-0.05, 0) is 61.4 Å². The summed E-state index contributed by atoms with van der Waals surface area (Å²) in [7, 11) is 5.02. The minimum absolute atomic E-state index is 0. The SMILES string of the molecule is C.COc1cc2nc(N)nc(C#Cc3cc(C(=O)Nc4ccc(CN5CCN(C)CC5)c(C(F)(F)F)c4)ccc3C)c2cc1OC. The van der Waals surface area contributed by atoms with Crippen molar-refractivity contribution in [1.82, 2.24) is 19.8 Å². The average molecular weight is 635 g/mol. The highest BCUT2D eigenvalue weighted by molar-refractivity contribution is 6.04. The smallest absolute Gasteiger partial charge is 0.416 e. The number of fused-ring (bicyclic) bond motifs is 1. The number of alkyl halides is 3. The third-order valence-electron chi connectivity index (χ3n) is 7.70. The molecule has 1 aliphatic heterocycles. The molecule has 1 saturated heterocycles. The molecule has 0 saturated carbocycles. The number of aromatic nitrogens is 2. The Morgan fingerprint density at radius 2 is 1.67 bits per heavy atom. The molecule has 0 bridgehead atoms. The number of nitrogens with zero attached hydrogens (tertiary/aromatic N) is 4. The summed E-state index contributed by atoms with van der Waals surface area (Å²) >= 11 is 0. The number of halogens is 3. The number of piperazine rings is 1. The van der Waals surface area contributed by atoms with Gasteiger partial charge in [0, 0.05) is 61.0 Å². The Morgan fingerprint density at radius 1 is 0.978 bits per heavy atom. The fraction of sp³-hybridized carbons (Fsp3) is 0.324. The van der Waals surface area contributed by atoms with Crippen molar-refractivity contribution in [3.05, 3.63) is 82.0 Å². The van der Waals surface area contributed by atoms with Crippen molar-refractivity contribution in [2.45, 2.75) is 27.1 Å². The van der Waals surface area contributed by atoms with Crippen molar-refractivity contribution in [2.24, 2.45) is 0 Å². The van der Waals surface area contributed by atoms with E-state index >= 15 is 0 Å². The van der Waals surface area contributed by atoms with E-state index in [9.17, 15) is 18.0 Å². The van der Waals surface area contributed by atoms with Gasteiger partial charge in [-0.15, -0.1) is 0 Å². The lowest BCUT2D eigenvalue weighted by Gasteiger charge is -2.33. The Kier molecular flexibility index (Phi) is 10.4. The van der Waals surface area contributed by atoms with E-state index in [1.54, 1.807) is 30.3 Å². The first-order valence-electron chi connectivity index (χ1n) is 14.2. The molecule has 46 heavy (non-hydrogen) atoms. The zero-order chi connectivity index (χ0) is 32.3. The number of likely N-dealkylation sites (N-methyl/N-ethyl adjacent to an activating group) is 1. The molecule has 3 aromatic carbocycles. The predicted octanol–water partition coefficient (Wildman–Crippen LogP) is 5.59. The molecule has 0 atom stereocenters. The monoisotopic (exact) mass is 634 g/mol. The van der Waals surface area contributed by atoms with Crippen molar-refractivity contribution in [2.75, 3.05) is 58.5 Å². The highest BCUT2D eigenvalue weighted by Crippen LogP contribution is 2.35. The number of nitrogen functional groups attached to an aromatic ring is 1. The summed E-state index contributed by atoms with van der Waals surface area (Å²) in [6, 6.07) is 12.2. The quantitative estimate of drug-likeness (QED) is 0.265. The molecule has 1 aromatic heterocycles. The number of amides is 1. The highest BCUT2D eigenvalue weighted by Gasteiger charge is 2.34. The van der Waals surface area contributed by atoms with Crippen molar-refractivity contribution in [3.63, 3.8) is 0 Å². The zero-order valence-corrected chi connectivity index (χ0v) is 25.4. The van der Waals surface area contributed by atoms with Crippen molar-refractivity contribution in [1.29, 1.82) is 0 Å². The number of methoxy groups -OCH3 is 2. The van der Waals surface area contributed by atoms with E-state index in [1.807, 2.05) is 18.9 Å². The molecule has 1 aliphatic rings. The molecule has 3 N–H and O–H groups in total. The molecule has 12 heteroatoms. The third-order valence-corrected chi connectivity index (χ3v) is 7.70. The topological polar surface area (TPSA) is 106 Å². The molecular formula is C34H37F3N6O3. The van der Waals surface area contributed by atoms with Gasteiger partial charge >= 0.3 is 6.18 Å². The molecule has 0 aliphatic carbocycles. The molecule has 0 spiro atoms. The van der Waals surface area contributed by atoms with Gasteiger partial charge < -0.3 is 25.4 Å². The van der Waals surface area contributed by atoms with Gasteiger partial charge in [-0.25, -0.2) is 9.97 Å². The van der Waals surface area contributed by atoms with Crippen LogP contribution in [0.15, 0.2) is 48.5 Å². The second-order valence-electron chi connectivity index (χ2n) is 10.8. The van der Waals surface area contributed by atoms with Crippen LogP contribution >= 0.6 is 0 Å². The van der Waals surface area contributed by atoms with Gasteiger partial charge in [0.15, 0.2) is 11.5 Å². The number of anilines is 2. The van der Waals surface area contributed by atoms with Crippen LogP contribution in [0.3, 0.4) is 0 Å². The standard InChI is InChI=1S/C33H33F3N6O3.CH4/c1-20-5-6-22(15-21(20)8-10-27-25-17-29(44-3)30(45-4)18-28(25)40-32(37)39-27)31(43)38-24-9-7-23(26(16-24)33(34,35)36)19-42-13-11-41(2)12-14-42;/h5-7,9,15-18H,11-14,19H2,1-4H3,(H,38,43)(H2,37,39,40);1H4. The van der Waals surface area contributed by atoms with Crippen molar-refractivity contribution in [3.8, 4) is 23.3 Å². The second-order valence-corrected chi connectivity index (χ2v) is 10.8. The summed E-state index contributed by atoms with van der Waals surface area (Å²) in [6.07, 6.45) is -4.57.